The molecule has 1 heterocycles. The molecule has 9 aromatic carbocycles. The fourth-order valence-corrected chi connectivity index (χ4v) is 15.5. The molecule has 0 radical (unpaired) electrons. The third-order valence-electron chi connectivity index (χ3n) is 16.6. The van der Waals surface area contributed by atoms with E-state index in [0.29, 0.717) is 11.8 Å². The van der Waals surface area contributed by atoms with Crippen LogP contribution in [0.3, 0.4) is 0 Å². The van der Waals surface area contributed by atoms with E-state index in [1.165, 1.54) is 113 Å². The molecule has 1 nitrogen and oxygen atoms in total. The Morgan fingerprint density at radius 3 is 1.69 bits per heavy atom. The van der Waals surface area contributed by atoms with Crippen LogP contribution in [0.15, 0.2) is 212 Å². The van der Waals surface area contributed by atoms with Crippen molar-refractivity contribution in [3.63, 3.8) is 0 Å². The van der Waals surface area contributed by atoms with Crippen LogP contribution < -0.4 is 4.90 Å². The molecule has 10 aromatic rings. The van der Waals surface area contributed by atoms with Gasteiger partial charge in [0.25, 0.3) is 0 Å². The van der Waals surface area contributed by atoms with Crippen LogP contribution >= 0.6 is 11.3 Å². The lowest BCUT2D eigenvalue weighted by Gasteiger charge is -2.65. The van der Waals surface area contributed by atoms with E-state index < -0.39 is 5.41 Å². The van der Waals surface area contributed by atoms with Crippen molar-refractivity contribution in [2.45, 2.75) is 42.9 Å². The highest BCUT2D eigenvalue weighted by atomic mass is 32.1. The summed E-state index contributed by atoms with van der Waals surface area (Å²) < 4.78 is 2.68. The second-order valence-corrected chi connectivity index (χ2v) is 20.7. The molecule has 65 heavy (non-hydrogen) atoms. The number of rotatable bonds is 6. The summed E-state index contributed by atoms with van der Waals surface area (Å²) in [5.41, 5.74) is 14.3. The Kier molecular flexibility index (Phi) is 8.32. The molecule has 0 aliphatic heterocycles. The van der Waals surface area contributed by atoms with Crippen molar-refractivity contribution in [3.8, 4) is 11.1 Å². The quantitative estimate of drug-likeness (QED) is 0.161. The van der Waals surface area contributed by atoms with Crippen molar-refractivity contribution < 1.29 is 0 Å². The third kappa shape index (κ3) is 5.38. The third-order valence-corrected chi connectivity index (χ3v) is 17.7. The average Bonchev–Trinajstić information content (AvgIpc) is 3.74. The molecule has 0 unspecified atom stereocenters. The molecule has 0 atom stereocenters. The summed E-state index contributed by atoms with van der Waals surface area (Å²) in [5.74, 6) is 2.92. The lowest BCUT2D eigenvalue weighted by Crippen LogP contribution is -2.59. The molecule has 4 bridgehead atoms. The molecule has 0 N–H and O–H groups in total. The van der Waals surface area contributed by atoms with Crippen molar-refractivity contribution in [1.29, 1.82) is 0 Å². The molecule has 0 saturated heterocycles. The maximum atomic E-state index is 2.69. The Hall–Kier alpha value is -6.74. The van der Waals surface area contributed by atoms with Gasteiger partial charge in [-0.1, -0.05) is 170 Å². The van der Waals surface area contributed by atoms with Crippen LogP contribution in [0.25, 0.3) is 42.1 Å². The fraction of sp³-hybridized carbons (Fsp3) is 0.175. The van der Waals surface area contributed by atoms with Gasteiger partial charge in [-0.2, -0.15) is 0 Å². The molecule has 15 rings (SSSR count). The van der Waals surface area contributed by atoms with Gasteiger partial charge in [0, 0.05) is 42.3 Å². The summed E-state index contributed by atoms with van der Waals surface area (Å²) in [5, 5.41) is 5.18. The summed E-state index contributed by atoms with van der Waals surface area (Å²) in [7, 11) is 0. The second-order valence-electron chi connectivity index (χ2n) is 19.6. The molecule has 2 heteroatoms. The topological polar surface area (TPSA) is 3.24 Å². The molecular formula is C63H49NS. The van der Waals surface area contributed by atoms with E-state index in [9.17, 15) is 0 Å². The molecule has 1 spiro atoms. The standard InChI is InChI=1S/C63H49NS/c1-3-16-46(17-4-1)62(47-18-5-2-6-19-47)55-22-10-11-23-56(55)63(48-35-41-34-42(37-48)38-49(63)36-41)58-40-51(31-33-57(58)62)64(59-24-13-15-44-14-7-8-20-52(44)59)50-29-26-43(27-30-50)45-28-32-54-53-21-9-12-25-60(53)65-61(54)39-45/h1-33,39-42,48-49H,34-38H2. The van der Waals surface area contributed by atoms with Gasteiger partial charge in [-0.25, -0.2) is 0 Å². The maximum Gasteiger partial charge on any atom is 0.0707 e. The molecule has 1 aromatic heterocycles. The van der Waals surface area contributed by atoms with Crippen LogP contribution in [0.4, 0.5) is 17.1 Å². The predicted molar refractivity (Wildman–Crippen MR) is 273 cm³/mol. The number of thiophene rings is 1. The van der Waals surface area contributed by atoms with Crippen LogP contribution in [0.5, 0.6) is 0 Å². The van der Waals surface area contributed by atoms with Crippen molar-refractivity contribution in [3.05, 3.63) is 246 Å². The number of benzene rings is 9. The Balaban J connectivity index is 1.02. The fourth-order valence-electron chi connectivity index (χ4n) is 14.3. The molecule has 4 saturated carbocycles. The van der Waals surface area contributed by atoms with E-state index in [0.717, 1.165) is 11.8 Å². The predicted octanol–water partition coefficient (Wildman–Crippen LogP) is 16.8. The van der Waals surface area contributed by atoms with Crippen LogP contribution in [-0.2, 0) is 10.8 Å². The van der Waals surface area contributed by atoms with Crippen LogP contribution in [0, 0.1) is 23.7 Å². The summed E-state index contributed by atoms with van der Waals surface area (Å²) >= 11 is 1.89. The summed E-state index contributed by atoms with van der Waals surface area (Å²) in [6.45, 7) is 0. The first-order valence-electron chi connectivity index (χ1n) is 23.8. The summed E-state index contributed by atoms with van der Waals surface area (Å²) in [6, 6.07) is 81.3. The first-order chi connectivity index (χ1) is 32.2. The molecular weight excluding hydrogens is 803 g/mol. The highest BCUT2D eigenvalue weighted by molar-refractivity contribution is 7.25. The minimum Gasteiger partial charge on any atom is -0.310 e. The zero-order valence-electron chi connectivity index (χ0n) is 36.4. The largest absolute Gasteiger partial charge is 0.310 e. The smallest absolute Gasteiger partial charge is 0.0707 e. The second kappa shape index (κ2) is 14.4. The molecule has 312 valence electrons. The normalized spacial score (nSPS) is 22.3. The van der Waals surface area contributed by atoms with E-state index in [1.54, 1.807) is 11.1 Å². The Morgan fingerprint density at radius 2 is 0.954 bits per heavy atom. The van der Waals surface area contributed by atoms with E-state index >= 15 is 0 Å². The van der Waals surface area contributed by atoms with E-state index in [1.807, 2.05) is 11.3 Å². The molecule has 4 fully saturated rings. The van der Waals surface area contributed by atoms with E-state index in [-0.39, 0.29) is 5.41 Å². The summed E-state index contributed by atoms with van der Waals surface area (Å²) in [6.07, 6.45) is 6.75. The van der Waals surface area contributed by atoms with Crippen LogP contribution in [-0.4, -0.2) is 0 Å². The number of anilines is 3. The molecule has 0 amide bonds. The lowest BCUT2D eigenvalue weighted by atomic mass is 9.38. The minimum absolute atomic E-state index is 0.0675. The van der Waals surface area contributed by atoms with Crippen molar-refractivity contribution in [2.75, 3.05) is 4.90 Å². The van der Waals surface area contributed by atoms with Crippen LogP contribution in [0.1, 0.15) is 65.5 Å². The Bertz CT molecular complexity index is 3380. The number of nitrogens with zero attached hydrogens (tertiary/aromatic N) is 1. The highest BCUT2D eigenvalue weighted by Gasteiger charge is 2.63. The number of fused-ring (bicyclic) bond motifs is 6. The van der Waals surface area contributed by atoms with Crippen molar-refractivity contribution in [2.24, 2.45) is 23.7 Å². The van der Waals surface area contributed by atoms with Gasteiger partial charge >= 0.3 is 0 Å². The zero-order chi connectivity index (χ0) is 42.7. The van der Waals surface area contributed by atoms with Gasteiger partial charge in [-0.3, -0.25) is 0 Å². The Labute approximate surface area is 385 Å². The number of hydrogen-bond acceptors (Lipinski definition) is 2. The first-order valence-corrected chi connectivity index (χ1v) is 24.7. The monoisotopic (exact) mass is 851 g/mol. The van der Waals surface area contributed by atoms with E-state index in [2.05, 4.69) is 217 Å². The molecule has 5 aliphatic carbocycles. The number of hydrogen-bond donors (Lipinski definition) is 0. The van der Waals surface area contributed by atoms with Gasteiger partial charge in [0.15, 0.2) is 0 Å². The zero-order valence-corrected chi connectivity index (χ0v) is 37.2. The van der Waals surface area contributed by atoms with Gasteiger partial charge in [0.1, 0.15) is 0 Å². The van der Waals surface area contributed by atoms with Crippen LogP contribution in [0.2, 0.25) is 0 Å². The van der Waals surface area contributed by atoms with Gasteiger partial charge in [-0.05, 0) is 148 Å². The molecule has 5 aliphatic rings. The lowest BCUT2D eigenvalue weighted by molar-refractivity contribution is -0.0440. The van der Waals surface area contributed by atoms with Gasteiger partial charge < -0.3 is 4.90 Å². The minimum atomic E-state index is -0.478. The van der Waals surface area contributed by atoms with Crippen molar-refractivity contribution >= 4 is 59.3 Å². The average molecular weight is 852 g/mol. The SMILES string of the molecule is c1ccc(C2(c3ccccc3)c3ccccc3C3(c4cc(N(c5ccc(-c6ccc7c(c6)sc6ccccc67)cc5)c5cccc6ccccc56)ccc42)C2CC4CC(C2)CC3C4)cc1. The summed E-state index contributed by atoms with van der Waals surface area (Å²) in [4.78, 5) is 2.57. The van der Waals surface area contributed by atoms with Crippen molar-refractivity contribution in [1.82, 2.24) is 0 Å². The van der Waals surface area contributed by atoms with Gasteiger partial charge in [-0.15, -0.1) is 11.3 Å². The highest BCUT2D eigenvalue weighted by Crippen LogP contribution is 2.70. The van der Waals surface area contributed by atoms with Gasteiger partial charge in [0.05, 0.1) is 11.1 Å². The Morgan fingerprint density at radius 1 is 0.385 bits per heavy atom. The van der Waals surface area contributed by atoms with E-state index in [4.69, 9.17) is 0 Å². The maximum absolute atomic E-state index is 2.69. The first kappa shape index (κ1) is 37.6. The van der Waals surface area contributed by atoms with Gasteiger partial charge in [0.2, 0.25) is 0 Å².